The normalized spacial score (nSPS) is 10.4. The van der Waals surface area contributed by atoms with E-state index in [9.17, 15) is 9.59 Å². The van der Waals surface area contributed by atoms with Crippen LogP contribution in [0.3, 0.4) is 0 Å². The summed E-state index contributed by atoms with van der Waals surface area (Å²) in [4.78, 5) is 23.3. The molecule has 0 heterocycles. The summed E-state index contributed by atoms with van der Waals surface area (Å²) < 4.78 is 0. The molecule has 0 unspecified atom stereocenters. The van der Waals surface area contributed by atoms with Gasteiger partial charge in [-0.15, -0.1) is 0 Å². The predicted molar refractivity (Wildman–Crippen MR) is 74.3 cm³/mol. The highest BCUT2D eigenvalue weighted by Gasteiger charge is 2.13. The molecule has 4 heteroatoms. The van der Waals surface area contributed by atoms with Crippen molar-refractivity contribution in [2.45, 2.75) is 6.42 Å². The quantitative estimate of drug-likeness (QED) is 0.913. The zero-order chi connectivity index (χ0) is 13.8. The van der Waals surface area contributed by atoms with E-state index in [1.54, 1.807) is 0 Å². The standard InChI is InChI=1S/C15H15N2O2/c1-17(15(16)19)14(18)9-7-11-6-8-12-4-2-3-5-13(12)10-11/h2-6,8-10H,7H2,1H3,(H2,16,19). The summed E-state index contributed by atoms with van der Waals surface area (Å²) in [5.41, 5.74) is 6.04. The summed E-state index contributed by atoms with van der Waals surface area (Å²) in [6.07, 6.45) is 1.93. The molecule has 97 valence electrons. The van der Waals surface area contributed by atoms with Gasteiger partial charge in [-0.25, -0.2) is 4.79 Å². The smallest absolute Gasteiger partial charge is 0.321 e. The molecule has 0 aliphatic rings. The number of urea groups is 1. The second-order valence-electron chi connectivity index (χ2n) is 4.33. The van der Waals surface area contributed by atoms with Crippen LogP contribution in [-0.4, -0.2) is 23.9 Å². The van der Waals surface area contributed by atoms with Crippen molar-refractivity contribution in [2.75, 3.05) is 7.05 Å². The summed E-state index contributed by atoms with van der Waals surface area (Å²) in [5, 5.41) is 2.29. The lowest BCUT2D eigenvalue weighted by atomic mass is 10.0. The van der Waals surface area contributed by atoms with E-state index in [-0.39, 0.29) is 5.91 Å². The van der Waals surface area contributed by atoms with Crippen LogP contribution in [0.2, 0.25) is 0 Å². The highest BCUT2D eigenvalue weighted by molar-refractivity contribution is 5.98. The van der Waals surface area contributed by atoms with Gasteiger partial charge in [0, 0.05) is 7.05 Å². The highest BCUT2D eigenvalue weighted by atomic mass is 16.2. The van der Waals surface area contributed by atoms with Crippen LogP contribution in [0.15, 0.2) is 42.5 Å². The maximum Gasteiger partial charge on any atom is 0.321 e. The van der Waals surface area contributed by atoms with E-state index in [0.29, 0.717) is 6.42 Å². The first-order chi connectivity index (χ1) is 9.08. The Kier molecular flexibility index (Phi) is 3.80. The van der Waals surface area contributed by atoms with Crippen molar-refractivity contribution in [3.8, 4) is 0 Å². The lowest BCUT2D eigenvalue weighted by molar-refractivity contribution is -0.123. The highest BCUT2D eigenvalue weighted by Crippen LogP contribution is 2.16. The Morgan fingerprint density at radius 3 is 2.53 bits per heavy atom. The maximum absolute atomic E-state index is 11.6. The second kappa shape index (κ2) is 5.52. The van der Waals surface area contributed by atoms with Crippen LogP contribution >= 0.6 is 0 Å². The van der Waals surface area contributed by atoms with E-state index < -0.39 is 6.03 Å². The third-order valence-electron chi connectivity index (χ3n) is 2.99. The number of nitrogens with zero attached hydrogens (tertiary/aromatic N) is 1. The number of benzene rings is 2. The zero-order valence-electron chi connectivity index (χ0n) is 10.7. The molecule has 19 heavy (non-hydrogen) atoms. The van der Waals surface area contributed by atoms with Crippen LogP contribution in [-0.2, 0) is 11.2 Å². The van der Waals surface area contributed by atoms with Crippen LogP contribution in [0.1, 0.15) is 5.56 Å². The van der Waals surface area contributed by atoms with Crippen molar-refractivity contribution in [1.29, 1.82) is 0 Å². The van der Waals surface area contributed by atoms with Gasteiger partial charge < -0.3 is 5.73 Å². The molecule has 4 nitrogen and oxygen atoms in total. The number of carbonyl (C=O) groups excluding carboxylic acids is 2. The van der Waals surface area contributed by atoms with E-state index in [0.717, 1.165) is 21.2 Å². The molecule has 0 saturated heterocycles. The van der Waals surface area contributed by atoms with E-state index >= 15 is 0 Å². The van der Waals surface area contributed by atoms with Gasteiger partial charge in [-0.3, -0.25) is 9.69 Å². The molecular weight excluding hydrogens is 240 g/mol. The number of amides is 3. The number of hydrogen-bond donors (Lipinski definition) is 1. The minimum Gasteiger partial charge on any atom is -0.351 e. The molecular formula is C15H15N2O2. The Balaban J connectivity index is 2.06. The summed E-state index contributed by atoms with van der Waals surface area (Å²) >= 11 is 0. The number of carbonyl (C=O) groups is 2. The molecule has 2 aromatic carbocycles. The third kappa shape index (κ3) is 3.10. The van der Waals surface area contributed by atoms with Crippen molar-refractivity contribution in [3.05, 3.63) is 54.4 Å². The first-order valence-corrected chi connectivity index (χ1v) is 5.96. The zero-order valence-corrected chi connectivity index (χ0v) is 10.7. The minimum atomic E-state index is -0.750. The Bertz CT molecular complexity index is 622. The van der Waals surface area contributed by atoms with Gasteiger partial charge in [0.05, 0.1) is 6.42 Å². The molecule has 1 radical (unpaired) electrons. The van der Waals surface area contributed by atoms with Gasteiger partial charge in [0.15, 0.2) is 0 Å². The van der Waals surface area contributed by atoms with Crippen molar-refractivity contribution >= 4 is 22.7 Å². The van der Waals surface area contributed by atoms with Crippen LogP contribution in [0.5, 0.6) is 0 Å². The van der Waals surface area contributed by atoms with E-state index in [4.69, 9.17) is 5.73 Å². The largest absolute Gasteiger partial charge is 0.351 e. The number of hydrogen-bond acceptors (Lipinski definition) is 2. The van der Waals surface area contributed by atoms with Crippen molar-refractivity contribution in [1.82, 2.24) is 4.90 Å². The molecule has 0 atom stereocenters. The van der Waals surface area contributed by atoms with E-state index in [1.807, 2.05) is 42.5 Å². The summed E-state index contributed by atoms with van der Waals surface area (Å²) in [7, 11) is 1.36. The molecule has 2 N–H and O–H groups in total. The molecule has 0 saturated carbocycles. The molecule has 2 rings (SSSR count). The first kappa shape index (κ1) is 13.1. The lowest BCUT2D eigenvalue weighted by Crippen LogP contribution is -2.37. The van der Waals surface area contributed by atoms with Gasteiger partial charge in [0.25, 0.3) is 0 Å². The summed E-state index contributed by atoms with van der Waals surface area (Å²) in [6, 6.07) is 13.3. The first-order valence-electron chi connectivity index (χ1n) is 5.96. The molecule has 2 aromatic rings. The fraction of sp³-hybridized carbons (Fsp3) is 0.133. The van der Waals surface area contributed by atoms with Crippen molar-refractivity contribution in [2.24, 2.45) is 5.73 Å². The predicted octanol–water partition coefficient (Wildman–Crippen LogP) is 2.12. The molecule has 0 spiro atoms. The average molecular weight is 255 g/mol. The lowest BCUT2D eigenvalue weighted by Gasteiger charge is -2.11. The third-order valence-corrected chi connectivity index (χ3v) is 2.99. The molecule has 0 aliphatic carbocycles. The second-order valence-corrected chi connectivity index (χ2v) is 4.33. The Labute approximate surface area is 111 Å². The SMILES string of the molecule is CN(C(N)=O)C(=O)[CH]Cc1ccc2ccccc2c1. The van der Waals surface area contributed by atoms with E-state index in [2.05, 4.69) is 0 Å². The van der Waals surface area contributed by atoms with Gasteiger partial charge in [0.2, 0.25) is 5.91 Å². The van der Waals surface area contributed by atoms with Gasteiger partial charge in [-0.2, -0.15) is 0 Å². The molecule has 0 aliphatic heterocycles. The molecule has 0 bridgehead atoms. The van der Waals surface area contributed by atoms with E-state index in [1.165, 1.54) is 13.5 Å². The van der Waals surface area contributed by atoms with Crippen LogP contribution in [0.4, 0.5) is 4.79 Å². The summed E-state index contributed by atoms with van der Waals surface area (Å²) in [5.74, 6) is -0.388. The van der Waals surface area contributed by atoms with Crippen molar-refractivity contribution < 1.29 is 9.59 Å². The Morgan fingerprint density at radius 2 is 1.84 bits per heavy atom. The summed E-state index contributed by atoms with van der Waals surface area (Å²) in [6.45, 7) is 0. The number of nitrogens with two attached hydrogens (primary N) is 1. The van der Waals surface area contributed by atoms with Crippen molar-refractivity contribution in [3.63, 3.8) is 0 Å². The fourth-order valence-corrected chi connectivity index (χ4v) is 1.82. The number of primary amides is 1. The average Bonchev–Trinajstić information content (AvgIpc) is 2.43. The van der Waals surface area contributed by atoms with Crippen LogP contribution in [0.25, 0.3) is 10.8 Å². The number of rotatable bonds is 3. The van der Waals surface area contributed by atoms with Gasteiger partial charge >= 0.3 is 6.03 Å². The van der Waals surface area contributed by atoms with Crippen LogP contribution in [0, 0.1) is 6.42 Å². The van der Waals surface area contributed by atoms with Gasteiger partial charge in [-0.1, -0.05) is 42.5 Å². The topological polar surface area (TPSA) is 63.4 Å². The Hall–Kier alpha value is -2.36. The fourth-order valence-electron chi connectivity index (χ4n) is 1.82. The van der Waals surface area contributed by atoms with Crippen LogP contribution < -0.4 is 5.73 Å². The number of imide groups is 1. The van der Waals surface area contributed by atoms with Gasteiger partial charge in [-0.05, 0) is 22.8 Å². The monoisotopic (exact) mass is 255 g/mol. The maximum atomic E-state index is 11.6. The van der Waals surface area contributed by atoms with Gasteiger partial charge in [0.1, 0.15) is 0 Å². The minimum absolute atomic E-state index is 0.388. The Morgan fingerprint density at radius 1 is 1.16 bits per heavy atom. The molecule has 0 fully saturated rings. The number of fused-ring (bicyclic) bond motifs is 1. The molecule has 0 aromatic heterocycles. The molecule has 3 amide bonds.